The second-order valence-corrected chi connectivity index (χ2v) is 9.24. The molecule has 1 heterocycles. The summed E-state index contributed by atoms with van der Waals surface area (Å²) in [6.07, 6.45) is 8.19. The van der Waals surface area contributed by atoms with E-state index >= 15 is 0 Å². The lowest BCUT2D eigenvalue weighted by Gasteiger charge is -2.46. The largest absolute Gasteiger partial charge is 0.308 e. The van der Waals surface area contributed by atoms with Gasteiger partial charge in [-0.2, -0.15) is 0 Å². The second kappa shape index (κ2) is 7.42. The first-order valence-electron chi connectivity index (χ1n) is 8.70. The number of hydrogen-bond donors (Lipinski definition) is 1. The highest BCUT2D eigenvalue weighted by Crippen LogP contribution is 2.33. The summed E-state index contributed by atoms with van der Waals surface area (Å²) < 4.78 is 24.0. The smallest absolute Gasteiger partial charge is 0.151 e. The monoisotopic (exact) mass is 316 g/mol. The van der Waals surface area contributed by atoms with E-state index in [1.807, 2.05) is 6.92 Å². The Bertz CT molecular complexity index is 416. The SMILES string of the molecule is CCCC1CNC2(CCCC2)CN1CCS(=O)(=O)CCC. The fourth-order valence-corrected chi connectivity index (χ4v) is 5.31. The minimum atomic E-state index is -2.87. The Morgan fingerprint density at radius 2 is 1.86 bits per heavy atom. The van der Waals surface area contributed by atoms with Crippen molar-refractivity contribution in [1.82, 2.24) is 10.2 Å². The lowest BCUT2D eigenvalue weighted by Crippen LogP contribution is -2.63. The first kappa shape index (κ1) is 17.2. The lowest BCUT2D eigenvalue weighted by atomic mass is 9.91. The molecule has 124 valence electrons. The number of rotatable bonds is 7. The molecule has 2 rings (SSSR count). The van der Waals surface area contributed by atoms with Crippen LogP contribution < -0.4 is 5.32 Å². The van der Waals surface area contributed by atoms with Gasteiger partial charge >= 0.3 is 0 Å². The van der Waals surface area contributed by atoms with Crippen molar-refractivity contribution < 1.29 is 8.42 Å². The topological polar surface area (TPSA) is 49.4 Å². The van der Waals surface area contributed by atoms with Gasteiger partial charge in [0.05, 0.1) is 5.75 Å². The van der Waals surface area contributed by atoms with Crippen LogP contribution in [0.5, 0.6) is 0 Å². The Morgan fingerprint density at radius 3 is 2.48 bits per heavy atom. The zero-order chi connectivity index (χ0) is 15.3. The normalized spacial score (nSPS) is 26.5. The highest BCUT2D eigenvalue weighted by atomic mass is 32.2. The third kappa shape index (κ3) is 4.67. The van der Waals surface area contributed by atoms with Gasteiger partial charge < -0.3 is 5.32 Å². The highest BCUT2D eigenvalue weighted by Gasteiger charge is 2.40. The molecule has 21 heavy (non-hydrogen) atoms. The molecule has 4 nitrogen and oxygen atoms in total. The third-order valence-electron chi connectivity index (χ3n) is 5.12. The predicted octanol–water partition coefficient (Wildman–Crippen LogP) is 2.20. The van der Waals surface area contributed by atoms with Crippen LogP contribution in [0.25, 0.3) is 0 Å². The highest BCUT2D eigenvalue weighted by molar-refractivity contribution is 7.91. The quantitative estimate of drug-likeness (QED) is 0.782. The van der Waals surface area contributed by atoms with Crippen LogP contribution in [0.4, 0.5) is 0 Å². The van der Waals surface area contributed by atoms with Gasteiger partial charge in [0.15, 0.2) is 9.84 Å². The van der Waals surface area contributed by atoms with E-state index in [2.05, 4.69) is 17.1 Å². The Hall–Kier alpha value is -0.130. The maximum absolute atomic E-state index is 12.0. The van der Waals surface area contributed by atoms with Crippen LogP contribution in [0.2, 0.25) is 0 Å². The lowest BCUT2D eigenvalue weighted by molar-refractivity contribution is 0.0811. The molecule has 2 aliphatic rings. The molecule has 1 atom stereocenters. The first-order chi connectivity index (χ1) is 10.0. The molecule has 0 aromatic rings. The fraction of sp³-hybridized carbons (Fsp3) is 1.00. The molecule has 0 bridgehead atoms. The molecule has 1 spiro atoms. The van der Waals surface area contributed by atoms with Crippen molar-refractivity contribution in [2.75, 3.05) is 31.1 Å². The van der Waals surface area contributed by atoms with Crippen molar-refractivity contribution in [1.29, 1.82) is 0 Å². The molecule has 1 saturated carbocycles. The van der Waals surface area contributed by atoms with Crippen LogP contribution in [-0.4, -0.2) is 56.0 Å². The minimum Gasteiger partial charge on any atom is -0.308 e. The molecular weight excluding hydrogens is 284 g/mol. The summed E-state index contributed by atoms with van der Waals surface area (Å²) in [5.74, 6) is 0.666. The van der Waals surface area contributed by atoms with Crippen molar-refractivity contribution >= 4 is 9.84 Å². The minimum absolute atomic E-state index is 0.277. The van der Waals surface area contributed by atoms with E-state index in [4.69, 9.17) is 0 Å². The number of nitrogens with zero attached hydrogens (tertiary/aromatic N) is 1. The number of piperazine rings is 1. The predicted molar refractivity (Wildman–Crippen MR) is 88.4 cm³/mol. The van der Waals surface area contributed by atoms with E-state index in [1.54, 1.807) is 0 Å². The maximum atomic E-state index is 12.0. The standard InChI is InChI=1S/C16H32N2O2S/c1-3-7-15-13-17-16(8-5-6-9-16)14-18(15)10-12-21(19,20)11-4-2/h15,17H,3-14H2,1-2H3. The van der Waals surface area contributed by atoms with Crippen LogP contribution in [0.15, 0.2) is 0 Å². The van der Waals surface area contributed by atoms with E-state index in [1.165, 1.54) is 25.7 Å². The van der Waals surface area contributed by atoms with Gasteiger partial charge in [-0.1, -0.05) is 33.1 Å². The molecule has 0 aromatic carbocycles. The van der Waals surface area contributed by atoms with Crippen molar-refractivity contribution in [3.8, 4) is 0 Å². The Morgan fingerprint density at radius 1 is 1.14 bits per heavy atom. The molecular formula is C16H32N2O2S. The van der Waals surface area contributed by atoms with Gasteiger partial charge in [0.1, 0.15) is 0 Å². The van der Waals surface area contributed by atoms with Gasteiger partial charge in [0, 0.05) is 37.0 Å². The number of nitrogens with one attached hydrogen (secondary N) is 1. The van der Waals surface area contributed by atoms with Crippen molar-refractivity contribution in [2.24, 2.45) is 0 Å². The molecule has 5 heteroatoms. The summed E-state index contributed by atoms with van der Waals surface area (Å²) in [7, 11) is -2.87. The zero-order valence-electron chi connectivity index (χ0n) is 13.7. The molecule has 0 radical (unpaired) electrons. The van der Waals surface area contributed by atoms with E-state index in [9.17, 15) is 8.42 Å². The van der Waals surface area contributed by atoms with Gasteiger partial charge in [-0.15, -0.1) is 0 Å². The Kier molecular flexibility index (Phi) is 6.09. The average Bonchev–Trinajstić information content (AvgIpc) is 2.88. The molecule has 1 saturated heterocycles. The van der Waals surface area contributed by atoms with Crippen LogP contribution >= 0.6 is 0 Å². The molecule has 1 aliphatic heterocycles. The van der Waals surface area contributed by atoms with Gasteiger partial charge in [-0.3, -0.25) is 4.90 Å². The maximum Gasteiger partial charge on any atom is 0.151 e. The second-order valence-electron chi connectivity index (χ2n) is 6.93. The first-order valence-corrected chi connectivity index (χ1v) is 10.5. The van der Waals surface area contributed by atoms with Crippen LogP contribution in [0.3, 0.4) is 0 Å². The molecule has 2 fully saturated rings. The Labute approximate surface area is 130 Å². The Balaban J connectivity index is 1.97. The van der Waals surface area contributed by atoms with Crippen LogP contribution in [0.1, 0.15) is 58.8 Å². The van der Waals surface area contributed by atoms with E-state index in [0.29, 0.717) is 17.5 Å². The molecule has 0 amide bonds. The summed E-state index contributed by atoms with van der Waals surface area (Å²) in [6, 6.07) is 0.512. The van der Waals surface area contributed by atoms with Crippen LogP contribution in [-0.2, 0) is 9.84 Å². The fourth-order valence-electron chi connectivity index (χ4n) is 3.97. The van der Waals surface area contributed by atoms with E-state index < -0.39 is 9.84 Å². The third-order valence-corrected chi connectivity index (χ3v) is 6.96. The summed E-state index contributed by atoms with van der Waals surface area (Å²) >= 11 is 0. The summed E-state index contributed by atoms with van der Waals surface area (Å²) in [5.41, 5.74) is 0.277. The number of sulfone groups is 1. The summed E-state index contributed by atoms with van der Waals surface area (Å²) in [6.45, 7) is 6.94. The van der Waals surface area contributed by atoms with Crippen molar-refractivity contribution in [3.63, 3.8) is 0 Å². The molecule has 1 unspecified atom stereocenters. The van der Waals surface area contributed by atoms with E-state index in [-0.39, 0.29) is 5.54 Å². The van der Waals surface area contributed by atoms with Crippen molar-refractivity contribution in [3.05, 3.63) is 0 Å². The van der Waals surface area contributed by atoms with Gasteiger partial charge in [-0.05, 0) is 25.7 Å². The average molecular weight is 317 g/mol. The molecule has 1 N–H and O–H groups in total. The summed E-state index contributed by atoms with van der Waals surface area (Å²) in [4.78, 5) is 2.47. The zero-order valence-corrected chi connectivity index (χ0v) is 14.6. The van der Waals surface area contributed by atoms with Crippen molar-refractivity contribution in [2.45, 2.75) is 70.4 Å². The van der Waals surface area contributed by atoms with Crippen LogP contribution in [0, 0.1) is 0 Å². The molecule has 1 aliphatic carbocycles. The van der Waals surface area contributed by atoms with Gasteiger partial charge in [0.2, 0.25) is 0 Å². The van der Waals surface area contributed by atoms with Gasteiger partial charge in [-0.25, -0.2) is 8.42 Å². The van der Waals surface area contributed by atoms with Gasteiger partial charge in [0.25, 0.3) is 0 Å². The molecule has 0 aromatic heterocycles. The van der Waals surface area contributed by atoms with E-state index in [0.717, 1.165) is 38.9 Å². The summed E-state index contributed by atoms with van der Waals surface area (Å²) in [5, 5.41) is 3.79. The number of hydrogen-bond acceptors (Lipinski definition) is 4.